The summed E-state index contributed by atoms with van der Waals surface area (Å²) in [6, 6.07) is 7.92. The van der Waals surface area contributed by atoms with Crippen LogP contribution in [0, 0.1) is 6.92 Å². The normalized spacial score (nSPS) is 15.5. The molecular weight excluding hydrogens is 390 g/mol. The average Bonchev–Trinajstić information content (AvgIpc) is 3.06. The molecule has 3 rings (SSSR count). The van der Waals surface area contributed by atoms with Gasteiger partial charge < -0.3 is 19.9 Å². The topological polar surface area (TPSA) is 79.6 Å². The zero-order valence-electron chi connectivity index (χ0n) is 17.2. The maximum absolute atomic E-state index is 6.26. The van der Waals surface area contributed by atoms with Crippen LogP contribution in [0.5, 0.6) is 0 Å². The minimum absolute atomic E-state index is 0.469. The Hall–Kier alpha value is -2.16. The number of rotatable bonds is 8. The molecule has 1 fully saturated rings. The fraction of sp³-hybridized carbons (Fsp3) is 0.550. The van der Waals surface area contributed by atoms with Crippen LogP contribution in [0.1, 0.15) is 17.2 Å². The second-order valence-corrected chi connectivity index (χ2v) is 7.44. The summed E-state index contributed by atoms with van der Waals surface area (Å²) in [5, 5.41) is 15.9. The monoisotopic (exact) mass is 419 g/mol. The first-order valence-electron chi connectivity index (χ1n) is 10.0. The Labute approximate surface area is 177 Å². The Morgan fingerprint density at radius 2 is 1.93 bits per heavy atom. The first-order chi connectivity index (χ1) is 14.1. The first kappa shape index (κ1) is 21.5. The van der Waals surface area contributed by atoms with E-state index in [0.29, 0.717) is 6.54 Å². The lowest BCUT2D eigenvalue weighted by Gasteiger charge is -2.26. The maximum atomic E-state index is 6.26. The van der Waals surface area contributed by atoms with Crippen molar-refractivity contribution in [2.75, 3.05) is 45.9 Å². The number of ether oxygens (including phenoxy) is 1. The molecule has 1 aromatic heterocycles. The molecular formula is C20H30ClN7O. The fourth-order valence-corrected chi connectivity index (χ4v) is 3.32. The minimum Gasteiger partial charge on any atom is -0.379 e. The molecule has 0 unspecified atom stereocenters. The summed E-state index contributed by atoms with van der Waals surface area (Å²) in [5.41, 5.74) is 1.12. The van der Waals surface area contributed by atoms with Crippen molar-refractivity contribution in [1.29, 1.82) is 0 Å². The number of nitrogens with zero attached hydrogens (tertiary/aromatic N) is 5. The third-order valence-corrected chi connectivity index (χ3v) is 5.40. The van der Waals surface area contributed by atoms with Gasteiger partial charge in [0.2, 0.25) is 0 Å². The largest absolute Gasteiger partial charge is 0.379 e. The molecule has 1 aliphatic rings. The van der Waals surface area contributed by atoms with Gasteiger partial charge in [-0.15, -0.1) is 10.2 Å². The van der Waals surface area contributed by atoms with Crippen molar-refractivity contribution in [3.8, 4) is 0 Å². The summed E-state index contributed by atoms with van der Waals surface area (Å²) in [6.07, 6.45) is 0.826. The fourth-order valence-electron chi connectivity index (χ4n) is 3.09. The number of aryl methyl sites for hydroxylation is 1. The van der Waals surface area contributed by atoms with Crippen LogP contribution in [0.2, 0.25) is 5.02 Å². The van der Waals surface area contributed by atoms with Crippen LogP contribution in [-0.4, -0.2) is 71.6 Å². The van der Waals surface area contributed by atoms with E-state index in [2.05, 4.69) is 31.8 Å². The van der Waals surface area contributed by atoms with Gasteiger partial charge in [-0.2, -0.15) is 0 Å². The summed E-state index contributed by atoms with van der Waals surface area (Å²) in [7, 11) is 1.95. The summed E-state index contributed by atoms with van der Waals surface area (Å²) >= 11 is 6.26. The summed E-state index contributed by atoms with van der Waals surface area (Å²) < 4.78 is 7.37. The van der Waals surface area contributed by atoms with Crippen LogP contribution in [0.4, 0.5) is 0 Å². The van der Waals surface area contributed by atoms with Crippen LogP contribution >= 0.6 is 11.6 Å². The Kier molecular flexibility index (Phi) is 8.27. The Bertz CT molecular complexity index is 802. The predicted octanol–water partition coefficient (Wildman–Crippen LogP) is 1.39. The van der Waals surface area contributed by atoms with E-state index >= 15 is 0 Å². The summed E-state index contributed by atoms with van der Waals surface area (Å²) in [6.45, 7) is 8.49. The van der Waals surface area contributed by atoms with Crippen LogP contribution in [0.25, 0.3) is 0 Å². The van der Waals surface area contributed by atoms with Crippen molar-refractivity contribution in [2.45, 2.75) is 19.9 Å². The molecule has 29 heavy (non-hydrogen) atoms. The molecule has 1 saturated heterocycles. The van der Waals surface area contributed by atoms with Crippen molar-refractivity contribution in [1.82, 2.24) is 30.3 Å². The van der Waals surface area contributed by atoms with E-state index in [1.54, 1.807) is 0 Å². The van der Waals surface area contributed by atoms with Gasteiger partial charge in [0.1, 0.15) is 12.4 Å². The van der Waals surface area contributed by atoms with E-state index in [4.69, 9.17) is 21.3 Å². The average molecular weight is 420 g/mol. The molecule has 0 radical (unpaired) electrons. The Morgan fingerprint density at radius 3 is 2.66 bits per heavy atom. The van der Waals surface area contributed by atoms with Crippen molar-refractivity contribution < 1.29 is 4.74 Å². The molecule has 2 N–H and O–H groups in total. The molecule has 0 bridgehead atoms. The molecule has 1 aromatic carbocycles. The van der Waals surface area contributed by atoms with E-state index in [1.165, 1.54) is 0 Å². The lowest BCUT2D eigenvalue weighted by molar-refractivity contribution is 0.0389. The number of aliphatic imine (C=N–C) groups is 1. The molecule has 9 heteroatoms. The second kappa shape index (κ2) is 11.1. The summed E-state index contributed by atoms with van der Waals surface area (Å²) in [5.74, 6) is 2.48. The first-order valence-corrected chi connectivity index (χ1v) is 10.4. The van der Waals surface area contributed by atoms with Gasteiger partial charge in [-0.25, -0.2) is 4.99 Å². The zero-order chi connectivity index (χ0) is 20.5. The maximum Gasteiger partial charge on any atom is 0.191 e. The molecule has 0 amide bonds. The van der Waals surface area contributed by atoms with E-state index in [0.717, 1.165) is 80.6 Å². The molecule has 2 heterocycles. The molecule has 0 spiro atoms. The third-order valence-electron chi connectivity index (χ3n) is 5.03. The number of benzene rings is 1. The molecule has 0 aliphatic carbocycles. The molecule has 2 aromatic rings. The molecule has 1 aliphatic heterocycles. The van der Waals surface area contributed by atoms with Gasteiger partial charge in [-0.1, -0.05) is 29.8 Å². The highest BCUT2D eigenvalue weighted by Crippen LogP contribution is 2.14. The van der Waals surface area contributed by atoms with E-state index in [1.807, 2.05) is 36.7 Å². The zero-order valence-corrected chi connectivity index (χ0v) is 18.0. The Balaban J connectivity index is 1.54. The van der Waals surface area contributed by atoms with E-state index in [9.17, 15) is 0 Å². The van der Waals surface area contributed by atoms with Crippen molar-refractivity contribution in [2.24, 2.45) is 12.0 Å². The van der Waals surface area contributed by atoms with Crippen LogP contribution in [0.3, 0.4) is 0 Å². The highest BCUT2D eigenvalue weighted by Gasteiger charge is 2.10. The number of guanidine groups is 1. The quantitative estimate of drug-likeness (QED) is 0.497. The van der Waals surface area contributed by atoms with Gasteiger partial charge in [0.05, 0.1) is 13.2 Å². The lowest BCUT2D eigenvalue weighted by Crippen LogP contribution is -2.44. The van der Waals surface area contributed by atoms with Gasteiger partial charge in [0.25, 0.3) is 0 Å². The van der Waals surface area contributed by atoms with Crippen LogP contribution in [0.15, 0.2) is 29.3 Å². The number of hydrogen-bond donors (Lipinski definition) is 2. The highest BCUT2D eigenvalue weighted by molar-refractivity contribution is 6.31. The molecule has 8 nitrogen and oxygen atoms in total. The van der Waals surface area contributed by atoms with Gasteiger partial charge in [0, 0.05) is 44.8 Å². The smallest absolute Gasteiger partial charge is 0.191 e. The highest BCUT2D eigenvalue weighted by atomic mass is 35.5. The number of morpholine rings is 1. The van der Waals surface area contributed by atoms with Gasteiger partial charge in [-0.05, 0) is 25.0 Å². The van der Waals surface area contributed by atoms with E-state index in [-0.39, 0.29) is 0 Å². The Morgan fingerprint density at radius 1 is 1.17 bits per heavy atom. The molecule has 158 valence electrons. The summed E-state index contributed by atoms with van der Waals surface area (Å²) in [4.78, 5) is 7.09. The van der Waals surface area contributed by atoms with Gasteiger partial charge in [0.15, 0.2) is 11.8 Å². The van der Waals surface area contributed by atoms with Gasteiger partial charge in [-0.3, -0.25) is 4.90 Å². The SMILES string of the molecule is Cc1nnc(CN=C(NCCc2ccccc2Cl)NCCN2CCOCC2)n1C. The molecule has 0 saturated carbocycles. The predicted molar refractivity (Wildman–Crippen MR) is 115 cm³/mol. The van der Waals surface area contributed by atoms with Crippen molar-refractivity contribution >= 4 is 17.6 Å². The number of aromatic nitrogens is 3. The van der Waals surface area contributed by atoms with Crippen molar-refractivity contribution in [3.05, 3.63) is 46.5 Å². The van der Waals surface area contributed by atoms with E-state index < -0.39 is 0 Å². The standard InChI is InChI=1S/C20H30ClN7O/c1-16-25-26-19(27(16)2)15-24-20(23-9-10-28-11-13-29-14-12-28)22-8-7-17-5-3-4-6-18(17)21/h3-6H,7-15H2,1-2H3,(H2,22,23,24). The second-order valence-electron chi connectivity index (χ2n) is 7.04. The van der Waals surface area contributed by atoms with Gasteiger partial charge >= 0.3 is 0 Å². The lowest BCUT2D eigenvalue weighted by atomic mass is 10.1. The van der Waals surface area contributed by atoms with Crippen LogP contribution in [-0.2, 0) is 24.8 Å². The number of halogens is 1. The van der Waals surface area contributed by atoms with Crippen LogP contribution < -0.4 is 10.6 Å². The van der Waals surface area contributed by atoms with Crippen molar-refractivity contribution in [3.63, 3.8) is 0 Å². The minimum atomic E-state index is 0.469. The number of nitrogens with one attached hydrogen (secondary N) is 2. The third kappa shape index (κ3) is 6.69. The molecule has 0 atom stereocenters. The number of hydrogen-bond acceptors (Lipinski definition) is 5.